The summed E-state index contributed by atoms with van der Waals surface area (Å²) < 4.78 is 12.2. The van der Waals surface area contributed by atoms with E-state index in [-0.39, 0.29) is 5.83 Å². The molecule has 0 amide bonds. The van der Waals surface area contributed by atoms with Crippen LogP contribution in [0.5, 0.6) is 0 Å². The van der Waals surface area contributed by atoms with Gasteiger partial charge in [0, 0.05) is 12.7 Å². The van der Waals surface area contributed by atoms with E-state index in [1.165, 1.54) is 6.92 Å². The quantitative estimate of drug-likeness (QED) is 0.581. The van der Waals surface area contributed by atoms with E-state index in [9.17, 15) is 4.39 Å². The molecule has 0 spiro atoms. The van der Waals surface area contributed by atoms with Crippen LogP contribution in [0, 0.1) is 0 Å². The highest BCUT2D eigenvalue weighted by atomic mass is 19.1. The minimum Gasteiger partial charge on any atom is -0.389 e. The predicted molar refractivity (Wildman–Crippen MR) is 33.2 cm³/mol. The maximum absolute atomic E-state index is 12.2. The molecule has 2 heteroatoms. The van der Waals surface area contributed by atoms with Crippen molar-refractivity contribution in [2.45, 2.75) is 20.3 Å². The maximum atomic E-state index is 12.2. The molecule has 1 N–H and O–H groups in total. The summed E-state index contributed by atoms with van der Waals surface area (Å²) in [6.07, 6.45) is 0.735. The summed E-state index contributed by atoms with van der Waals surface area (Å²) in [6.45, 7) is 3.37. The van der Waals surface area contributed by atoms with Crippen molar-refractivity contribution in [3.63, 3.8) is 0 Å². The number of nitrogens with one attached hydrogen (secondary N) is 1. The molecule has 0 aliphatic heterocycles. The van der Waals surface area contributed by atoms with Gasteiger partial charge in [0.25, 0.3) is 0 Å². The normalized spacial score (nSPS) is 13.0. The fourth-order valence-corrected chi connectivity index (χ4v) is 0.593. The van der Waals surface area contributed by atoms with E-state index in [4.69, 9.17) is 0 Å². The van der Waals surface area contributed by atoms with E-state index in [2.05, 4.69) is 5.32 Å². The largest absolute Gasteiger partial charge is 0.389 e. The zero-order valence-corrected chi connectivity index (χ0v) is 5.59. The number of rotatable bonds is 2. The Balaban J connectivity index is 3.86. The Hall–Kier alpha value is -0.530. The highest BCUT2D eigenvalue weighted by molar-refractivity contribution is 5.01. The van der Waals surface area contributed by atoms with Gasteiger partial charge < -0.3 is 5.32 Å². The molecule has 0 atom stereocenters. The third kappa shape index (κ3) is 1.96. The van der Waals surface area contributed by atoms with Gasteiger partial charge in [0.1, 0.15) is 5.83 Å². The second kappa shape index (κ2) is 3.47. The van der Waals surface area contributed by atoms with E-state index in [0.717, 1.165) is 6.42 Å². The van der Waals surface area contributed by atoms with Crippen molar-refractivity contribution in [1.82, 2.24) is 5.32 Å². The molecule has 0 unspecified atom stereocenters. The lowest BCUT2D eigenvalue weighted by Crippen LogP contribution is -2.05. The van der Waals surface area contributed by atoms with Gasteiger partial charge in [-0.2, -0.15) is 0 Å². The van der Waals surface area contributed by atoms with Crippen molar-refractivity contribution < 1.29 is 4.39 Å². The van der Waals surface area contributed by atoms with Crippen molar-refractivity contribution in [1.29, 1.82) is 0 Å². The first-order valence-corrected chi connectivity index (χ1v) is 2.75. The smallest absolute Gasteiger partial charge is 0.116 e. The lowest BCUT2D eigenvalue weighted by atomic mass is 10.3. The molecular weight excluding hydrogens is 105 g/mol. The maximum Gasteiger partial charge on any atom is 0.116 e. The fraction of sp³-hybridized carbons (Fsp3) is 0.667. The Morgan fingerprint density at radius 1 is 1.62 bits per heavy atom. The van der Waals surface area contributed by atoms with Crippen molar-refractivity contribution in [3.05, 3.63) is 11.5 Å². The van der Waals surface area contributed by atoms with Crippen LogP contribution in [0.1, 0.15) is 20.3 Å². The average molecular weight is 117 g/mol. The number of allylic oxidation sites excluding steroid dienone is 2. The van der Waals surface area contributed by atoms with Crippen molar-refractivity contribution in [2.75, 3.05) is 7.05 Å². The van der Waals surface area contributed by atoms with E-state index >= 15 is 0 Å². The highest BCUT2D eigenvalue weighted by Gasteiger charge is 1.92. The molecule has 48 valence electrons. The molecule has 0 aromatic rings. The number of halogens is 1. The van der Waals surface area contributed by atoms with Gasteiger partial charge in [-0.05, 0) is 13.3 Å². The Labute approximate surface area is 49.6 Å². The van der Waals surface area contributed by atoms with Gasteiger partial charge >= 0.3 is 0 Å². The summed E-state index contributed by atoms with van der Waals surface area (Å²) in [7, 11) is 1.72. The fourth-order valence-electron chi connectivity index (χ4n) is 0.593. The van der Waals surface area contributed by atoms with Gasteiger partial charge in [0.2, 0.25) is 0 Å². The molecule has 0 radical (unpaired) electrons. The zero-order valence-electron chi connectivity index (χ0n) is 5.59. The van der Waals surface area contributed by atoms with Crippen LogP contribution >= 0.6 is 0 Å². The van der Waals surface area contributed by atoms with Gasteiger partial charge in [-0.3, -0.25) is 0 Å². The predicted octanol–water partition coefficient (Wildman–Crippen LogP) is 1.82. The van der Waals surface area contributed by atoms with Crippen LogP contribution < -0.4 is 5.32 Å². The van der Waals surface area contributed by atoms with Gasteiger partial charge in [0.05, 0.1) is 0 Å². The molecule has 0 saturated carbocycles. The number of hydrogen-bond acceptors (Lipinski definition) is 1. The molecule has 0 bridgehead atoms. The average Bonchev–Trinajstić information content (AvgIpc) is 1.69. The van der Waals surface area contributed by atoms with Crippen LogP contribution in [0.25, 0.3) is 0 Å². The van der Waals surface area contributed by atoms with Crippen LogP contribution in [0.4, 0.5) is 4.39 Å². The van der Waals surface area contributed by atoms with Crippen LogP contribution in [0.2, 0.25) is 0 Å². The molecule has 0 rings (SSSR count). The minimum absolute atomic E-state index is 0.116. The molecule has 0 aliphatic carbocycles. The Morgan fingerprint density at radius 2 is 2.12 bits per heavy atom. The van der Waals surface area contributed by atoms with Crippen LogP contribution in [-0.2, 0) is 0 Å². The van der Waals surface area contributed by atoms with Crippen molar-refractivity contribution in [2.24, 2.45) is 0 Å². The summed E-state index contributed by atoms with van der Waals surface area (Å²) in [5, 5.41) is 2.76. The van der Waals surface area contributed by atoms with E-state index in [1.54, 1.807) is 7.05 Å². The number of hydrogen-bond donors (Lipinski definition) is 1. The third-order valence-corrected chi connectivity index (χ3v) is 1.07. The van der Waals surface area contributed by atoms with Gasteiger partial charge in [0.15, 0.2) is 0 Å². The molecule has 0 aliphatic rings. The van der Waals surface area contributed by atoms with Gasteiger partial charge in [-0.25, -0.2) is 4.39 Å². The van der Waals surface area contributed by atoms with Crippen molar-refractivity contribution >= 4 is 0 Å². The monoisotopic (exact) mass is 117 g/mol. The van der Waals surface area contributed by atoms with E-state index < -0.39 is 0 Å². The standard InChI is InChI=1S/C6H12FN/c1-4-6(8-3)5(2)7/h8H,4H2,1-3H3/b6-5+. The first-order chi connectivity index (χ1) is 3.72. The van der Waals surface area contributed by atoms with E-state index in [1.807, 2.05) is 6.92 Å². The zero-order chi connectivity index (χ0) is 6.57. The summed E-state index contributed by atoms with van der Waals surface area (Å²) in [4.78, 5) is 0. The summed E-state index contributed by atoms with van der Waals surface area (Å²) in [6, 6.07) is 0. The van der Waals surface area contributed by atoms with Crippen LogP contribution in [0.3, 0.4) is 0 Å². The summed E-state index contributed by atoms with van der Waals surface area (Å²) >= 11 is 0. The van der Waals surface area contributed by atoms with E-state index in [0.29, 0.717) is 5.70 Å². The Kier molecular flexibility index (Phi) is 3.24. The van der Waals surface area contributed by atoms with Gasteiger partial charge in [-0.15, -0.1) is 0 Å². The summed E-state index contributed by atoms with van der Waals surface area (Å²) in [5.74, 6) is -0.116. The highest BCUT2D eigenvalue weighted by Crippen LogP contribution is 2.03. The molecule has 0 saturated heterocycles. The van der Waals surface area contributed by atoms with Gasteiger partial charge in [-0.1, -0.05) is 6.92 Å². The lowest BCUT2D eigenvalue weighted by Gasteiger charge is -2.00. The molecule has 8 heavy (non-hydrogen) atoms. The van der Waals surface area contributed by atoms with Crippen LogP contribution in [0.15, 0.2) is 11.5 Å². The van der Waals surface area contributed by atoms with Crippen molar-refractivity contribution in [3.8, 4) is 0 Å². The second-order valence-corrected chi connectivity index (χ2v) is 1.62. The topological polar surface area (TPSA) is 12.0 Å². The Bertz CT molecular complexity index is 86.7. The Morgan fingerprint density at radius 3 is 2.12 bits per heavy atom. The lowest BCUT2D eigenvalue weighted by molar-refractivity contribution is 0.606. The SMILES string of the molecule is CC/C(NC)=C(/C)F. The minimum atomic E-state index is -0.116. The van der Waals surface area contributed by atoms with Crippen LogP contribution in [-0.4, -0.2) is 7.05 Å². The molecule has 0 fully saturated rings. The molecule has 0 aromatic carbocycles. The summed E-state index contributed by atoms with van der Waals surface area (Å²) in [5.41, 5.74) is 0.685. The third-order valence-electron chi connectivity index (χ3n) is 1.07. The second-order valence-electron chi connectivity index (χ2n) is 1.62. The first kappa shape index (κ1) is 7.47. The molecule has 0 heterocycles. The molecule has 0 aromatic heterocycles. The first-order valence-electron chi connectivity index (χ1n) is 2.75. The molecule has 1 nitrogen and oxygen atoms in total. The molecular formula is C6H12FN.